The van der Waals surface area contributed by atoms with Gasteiger partial charge in [0.15, 0.2) is 35.0 Å². The van der Waals surface area contributed by atoms with Gasteiger partial charge in [-0.2, -0.15) is 0 Å². The van der Waals surface area contributed by atoms with Gasteiger partial charge in [0.05, 0.1) is 12.0 Å². The third-order valence-corrected chi connectivity index (χ3v) is 11.7. The molecular weight excluding hydrogens is 720 g/mol. The maximum atomic E-state index is 15.4. The van der Waals surface area contributed by atoms with Gasteiger partial charge in [0.1, 0.15) is 35.1 Å². The first-order chi connectivity index (χ1) is 25.9. The van der Waals surface area contributed by atoms with E-state index in [1.165, 1.54) is 0 Å². The predicted octanol–water partition coefficient (Wildman–Crippen LogP) is 5.39. The molecule has 0 aliphatic heterocycles. The van der Waals surface area contributed by atoms with E-state index in [-0.39, 0.29) is 36.7 Å². The maximum absolute atomic E-state index is 15.4. The molecule has 12 nitrogen and oxygen atoms in total. The molecule has 0 radical (unpaired) electrons. The van der Waals surface area contributed by atoms with Crippen LogP contribution in [0.5, 0.6) is 11.5 Å². The molecule has 3 rings (SSSR count). The minimum Gasteiger partial charge on any atom is -0.506 e. The second kappa shape index (κ2) is 17.9. The average Bonchev–Trinajstić information content (AvgIpc) is 3.12. The lowest BCUT2D eigenvalue weighted by atomic mass is 9.38. The molecule has 1 aromatic rings. The number of allylic oxidation sites excluding steroid dienone is 8. The quantitative estimate of drug-likeness (QED) is 0.0214. The van der Waals surface area contributed by atoms with Gasteiger partial charge in [-0.15, -0.1) is 0 Å². The number of carbonyl (C=O) groups excluding carboxylic acids is 4. The summed E-state index contributed by atoms with van der Waals surface area (Å²) in [5, 5.41) is 71.6. The molecule has 0 aromatic heterocycles. The van der Waals surface area contributed by atoms with Gasteiger partial charge in [-0.05, 0) is 116 Å². The third-order valence-electron chi connectivity index (χ3n) is 11.7. The highest BCUT2D eigenvalue weighted by molar-refractivity contribution is 6.41. The fourth-order valence-corrected chi connectivity index (χ4v) is 7.99. The molecule has 56 heavy (non-hydrogen) atoms. The summed E-state index contributed by atoms with van der Waals surface area (Å²) >= 11 is 0. The van der Waals surface area contributed by atoms with Gasteiger partial charge in [0.2, 0.25) is 0 Å². The zero-order valence-electron chi connectivity index (χ0n) is 34.0. The lowest BCUT2D eigenvalue weighted by molar-refractivity contribution is -0.177. The van der Waals surface area contributed by atoms with Crippen molar-refractivity contribution in [1.29, 1.82) is 0 Å². The number of carbonyl (C=O) groups is 4. The van der Waals surface area contributed by atoms with Crippen LogP contribution in [0.3, 0.4) is 0 Å². The van der Waals surface area contributed by atoms with Crippen molar-refractivity contribution in [1.82, 2.24) is 0 Å². The van der Waals surface area contributed by atoms with E-state index in [2.05, 4.69) is 12.7 Å². The fourth-order valence-electron chi connectivity index (χ4n) is 7.99. The molecule has 2 aliphatic rings. The van der Waals surface area contributed by atoms with Crippen LogP contribution in [-0.4, -0.2) is 90.1 Å². The number of aliphatic hydroxyl groups is 6. The number of hydrogen-bond donors (Lipinski definition) is 7. The van der Waals surface area contributed by atoms with E-state index in [4.69, 9.17) is 9.84 Å². The lowest BCUT2D eigenvalue weighted by Crippen LogP contribution is -2.69. The van der Waals surface area contributed by atoms with Crippen molar-refractivity contribution in [3.05, 3.63) is 76.4 Å². The molecule has 2 bridgehead atoms. The molecule has 308 valence electrons. The standard InChI is InChI=1S/C44H60O12/c1-23(2)11-13-28(26(7)8)20-43-21-29(15-12-24(3)4)42(9,10)44(41(43)55,18-17-25(5)6)39(53)33(38(43)52)34(48)27-14-16-32(30(46)19-27)56-40(54)37(51)36(50)35(49)31(47)22-45/h11-12,14,16-17,19,28-29,31,35-37,45-51H,7,13,15,18,20-22H2,1-6,8-10H3/b34-33-/t28-,29-,31+,35+,36-,37-,43-,44-/m0/s1. The normalized spacial score (nSPS) is 25.2. The highest BCUT2D eigenvalue weighted by Gasteiger charge is 2.74. The molecule has 0 amide bonds. The lowest BCUT2D eigenvalue weighted by Gasteiger charge is -2.60. The molecule has 0 saturated heterocycles. The van der Waals surface area contributed by atoms with Crippen LogP contribution in [-0.2, 0) is 19.2 Å². The number of benzene rings is 1. The Labute approximate surface area is 329 Å². The van der Waals surface area contributed by atoms with Crippen LogP contribution < -0.4 is 4.74 Å². The molecular formula is C44H60O12. The van der Waals surface area contributed by atoms with E-state index >= 15 is 14.4 Å². The average molecular weight is 781 g/mol. The van der Waals surface area contributed by atoms with E-state index in [1.54, 1.807) is 0 Å². The van der Waals surface area contributed by atoms with Crippen LogP contribution >= 0.6 is 0 Å². The highest BCUT2D eigenvalue weighted by Crippen LogP contribution is 2.66. The van der Waals surface area contributed by atoms with Crippen LogP contribution in [0.15, 0.2) is 70.9 Å². The zero-order chi connectivity index (χ0) is 42.7. The van der Waals surface area contributed by atoms with Crippen molar-refractivity contribution >= 4 is 29.1 Å². The van der Waals surface area contributed by atoms with Gasteiger partial charge >= 0.3 is 5.97 Å². The van der Waals surface area contributed by atoms with Gasteiger partial charge < -0.3 is 40.5 Å². The number of ketones is 3. The van der Waals surface area contributed by atoms with E-state index in [0.29, 0.717) is 12.8 Å². The molecule has 2 saturated carbocycles. The SMILES string of the molecule is C=C(C)[C@@H](CC=C(C)C)C[C@]12C[C@H](CC=C(C)C)C(C)(C)[C@@](CC=C(C)C)(C(=O)/C(=C(\O)c3ccc(OC(=O)[C@@H](O)[C@@H](O)[C@H](O)[C@H](O)CO)c(O)c3)C1=O)C2=O. The number of rotatable bonds is 16. The summed E-state index contributed by atoms with van der Waals surface area (Å²) in [5.41, 5.74) is -1.55. The summed E-state index contributed by atoms with van der Waals surface area (Å²) in [4.78, 5) is 58.3. The maximum Gasteiger partial charge on any atom is 0.343 e. The number of hydrogen-bond acceptors (Lipinski definition) is 12. The number of aromatic hydroxyl groups is 1. The molecule has 8 atom stereocenters. The third kappa shape index (κ3) is 8.84. The van der Waals surface area contributed by atoms with Gasteiger partial charge in [-0.25, -0.2) is 4.79 Å². The first-order valence-corrected chi connectivity index (χ1v) is 18.9. The minimum absolute atomic E-state index is 0.0127. The first kappa shape index (κ1) is 46.2. The van der Waals surface area contributed by atoms with Crippen molar-refractivity contribution in [2.24, 2.45) is 28.1 Å². The Balaban J connectivity index is 2.29. The number of Topliss-reactive ketones (excluding diaryl/α,β-unsaturated/α-hetero) is 3. The number of aliphatic hydroxyl groups excluding tert-OH is 6. The Morgan fingerprint density at radius 3 is 2.02 bits per heavy atom. The van der Waals surface area contributed by atoms with Gasteiger partial charge in [-0.3, -0.25) is 14.4 Å². The van der Waals surface area contributed by atoms with E-state index in [9.17, 15) is 35.4 Å². The summed E-state index contributed by atoms with van der Waals surface area (Å²) in [5.74, 6) is -6.36. The second-order valence-corrected chi connectivity index (χ2v) is 16.9. The first-order valence-electron chi connectivity index (χ1n) is 18.9. The number of ether oxygens (including phenoxy) is 1. The van der Waals surface area contributed by atoms with Gasteiger partial charge in [-0.1, -0.05) is 60.9 Å². The Kier molecular flexibility index (Phi) is 14.8. The largest absolute Gasteiger partial charge is 0.506 e. The summed E-state index contributed by atoms with van der Waals surface area (Å²) in [6.45, 7) is 20.4. The Morgan fingerprint density at radius 2 is 1.50 bits per heavy atom. The smallest absolute Gasteiger partial charge is 0.343 e. The summed E-state index contributed by atoms with van der Waals surface area (Å²) in [7, 11) is 0. The predicted molar refractivity (Wildman–Crippen MR) is 211 cm³/mol. The zero-order valence-corrected chi connectivity index (χ0v) is 34.0. The number of phenols is 1. The van der Waals surface area contributed by atoms with E-state index in [0.717, 1.165) is 40.5 Å². The van der Waals surface area contributed by atoms with Crippen LogP contribution in [0, 0.1) is 28.1 Å². The van der Waals surface area contributed by atoms with Crippen LogP contribution in [0.4, 0.5) is 0 Å². The Hall–Kier alpha value is -4.20. The van der Waals surface area contributed by atoms with E-state index in [1.807, 2.05) is 74.5 Å². The monoisotopic (exact) mass is 780 g/mol. The minimum atomic E-state index is -2.41. The van der Waals surface area contributed by atoms with Crippen molar-refractivity contribution in [2.75, 3.05) is 6.61 Å². The van der Waals surface area contributed by atoms with Crippen LogP contribution in [0.25, 0.3) is 5.76 Å². The molecule has 0 spiro atoms. The topological polar surface area (TPSA) is 219 Å². The summed E-state index contributed by atoms with van der Waals surface area (Å²) in [6, 6.07) is 3.12. The molecule has 7 N–H and O–H groups in total. The van der Waals surface area contributed by atoms with Gasteiger partial charge in [0, 0.05) is 5.56 Å². The molecule has 0 heterocycles. The van der Waals surface area contributed by atoms with Gasteiger partial charge in [0.25, 0.3) is 0 Å². The Bertz CT molecular complexity index is 1830. The van der Waals surface area contributed by atoms with Crippen LogP contribution in [0.1, 0.15) is 100.0 Å². The highest BCUT2D eigenvalue weighted by atomic mass is 16.6. The Morgan fingerprint density at radius 1 is 0.911 bits per heavy atom. The van der Waals surface area contributed by atoms with Crippen molar-refractivity contribution in [2.45, 2.75) is 119 Å². The van der Waals surface area contributed by atoms with Crippen molar-refractivity contribution < 1.29 is 59.7 Å². The molecule has 1 aromatic carbocycles. The fraction of sp³-hybridized carbons (Fsp3) is 0.545. The molecule has 2 aliphatic carbocycles. The number of esters is 1. The molecule has 0 unspecified atom stereocenters. The summed E-state index contributed by atoms with van der Waals surface area (Å²) in [6.07, 6.45) is -1.59. The molecule has 2 fully saturated rings. The van der Waals surface area contributed by atoms with Crippen molar-refractivity contribution in [3.63, 3.8) is 0 Å². The van der Waals surface area contributed by atoms with E-state index < -0.39 is 93.4 Å². The number of phenolic OH excluding ortho intramolecular Hbond substituents is 1. The second-order valence-electron chi connectivity index (χ2n) is 16.9. The summed E-state index contributed by atoms with van der Waals surface area (Å²) < 4.78 is 5.01. The molecule has 12 heteroatoms. The number of fused-ring (bicyclic) bond motifs is 2. The van der Waals surface area contributed by atoms with Crippen molar-refractivity contribution in [3.8, 4) is 11.5 Å². The van der Waals surface area contributed by atoms with Crippen LogP contribution in [0.2, 0.25) is 0 Å².